The zero-order valence-corrected chi connectivity index (χ0v) is 17.9. The number of hydrogen-bond donors (Lipinski definition) is 2. The molecule has 1 aromatic carbocycles. The number of rotatable bonds is 6. The number of alkyl halides is 1. The molecule has 2 unspecified atom stereocenters. The molecule has 0 amide bonds. The van der Waals surface area contributed by atoms with E-state index in [9.17, 15) is 8.78 Å². The Hall–Kier alpha value is -2.43. The molecule has 0 radical (unpaired) electrons. The third-order valence-electron chi connectivity index (χ3n) is 5.58. The normalized spacial score (nSPS) is 18.7. The third-order valence-corrected chi connectivity index (χ3v) is 5.58. The quantitative estimate of drug-likeness (QED) is 0.660. The van der Waals surface area contributed by atoms with Crippen LogP contribution >= 0.6 is 0 Å². The average molecular weight is 400 g/mol. The predicted octanol–water partition coefficient (Wildman–Crippen LogP) is 5.64. The summed E-state index contributed by atoms with van der Waals surface area (Å²) >= 11 is 0. The van der Waals surface area contributed by atoms with Crippen molar-refractivity contribution in [3.8, 4) is 11.1 Å². The fourth-order valence-electron chi connectivity index (χ4n) is 3.54. The number of nitrogens with one attached hydrogen (secondary N) is 2. The molecule has 1 aromatic heterocycles. The molecule has 0 fully saturated rings. The summed E-state index contributed by atoms with van der Waals surface area (Å²) in [5.74, 6) is -0.277. The van der Waals surface area contributed by atoms with E-state index < -0.39 is 0 Å². The van der Waals surface area contributed by atoms with Gasteiger partial charge in [0, 0.05) is 59.2 Å². The van der Waals surface area contributed by atoms with E-state index in [0.29, 0.717) is 5.56 Å². The van der Waals surface area contributed by atoms with E-state index in [1.54, 1.807) is 12.3 Å². The molecular formula is C24H31F2N3. The lowest BCUT2D eigenvalue weighted by Crippen LogP contribution is -2.29. The highest BCUT2D eigenvalue weighted by molar-refractivity contribution is 5.65. The standard InChI is InChI=1S/C24H31F2N3/c1-15(13-25)22-12-19(14-28-22)29-16(2)17-6-7-20(21(26)10-17)18-8-9-27-23(11-18)24(3,4)5/h6-11,14-16,22,28-29H,12-13H2,1-5H3/t15?,16-,22?/m0/s1. The van der Waals surface area contributed by atoms with E-state index in [-0.39, 0.29) is 35.9 Å². The van der Waals surface area contributed by atoms with Crippen LogP contribution in [0.25, 0.3) is 11.1 Å². The number of halogens is 2. The average Bonchev–Trinajstić information content (AvgIpc) is 3.15. The van der Waals surface area contributed by atoms with Gasteiger partial charge in [0.1, 0.15) is 5.82 Å². The van der Waals surface area contributed by atoms with Gasteiger partial charge in [0.2, 0.25) is 0 Å². The molecule has 3 atom stereocenters. The molecule has 1 aliphatic rings. The first-order valence-corrected chi connectivity index (χ1v) is 10.2. The van der Waals surface area contributed by atoms with Crippen molar-refractivity contribution in [2.24, 2.45) is 5.92 Å². The number of hydrogen-bond acceptors (Lipinski definition) is 3. The van der Waals surface area contributed by atoms with Crippen LogP contribution in [0.15, 0.2) is 48.4 Å². The van der Waals surface area contributed by atoms with Crippen LogP contribution in [0.5, 0.6) is 0 Å². The fourth-order valence-corrected chi connectivity index (χ4v) is 3.54. The minimum atomic E-state index is -0.340. The van der Waals surface area contributed by atoms with Gasteiger partial charge in [0.25, 0.3) is 0 Å². The first-order valence-electron chi connectivity index (χ1n) is 10.2. The smallest absolute Gasteiger partial charge is 0.131 e. The molecule has 2 aromatic rings. The van der Waals surface area contributed by atoms with E-state index in [2.05, 4.69) is 36.4 Å². The molecule has 29 heavy (non-hydrogen) atoms. The zero-order valence-electron chi connectivity index (χ0n) is 17.9. The van der Waals surface area contributed by atoms with Crippen LogP contribution in [0, 0.1) is 11.7 Å². The van der Waals surface area contributed by atoms with Crippen molar-refractivity contribution >= 4 is 0 Å². The second-order valence-corrected chi connectivity index (χ2v) is 9.06. The highest BCUT2D eigenvalue weighted by Gasteiger charge is 2.23. The van der Waals surface area contributed by atoms with Gasteiger partial charge in [-0.05, 0) is 36.2 Å². The summed E-state index contributed by atoms with van der Waals surface area (Å²) < 4.78 is 27.8. The maximum Gasteiger partial charge on any atom is 0.131 e. The molecule has 1 aliphatic heterocycles. The Morgan fingerprint density at radius 2 is 1.97 bits per heavy atom. The maximum atomic E-state index is 14.9. The lowest BCUT2D eigenvalue weighted by molar-refractivity contribution is 0.319. The zero-order chi connectivity index (χ0) is 21.2. The van der Waals surface area contributed by atoms with Gasteiger partial charge in [-0.3, -0.25) is 9.37 Å². The minimum Gasteiger partial charge on any atom is -0.386 e. The number of nitrogens with zero attached hydrogens (tertiary/aromatic N) is 1. The summed E-state index contributed by atoms with van der Waals surface area (Å²) in [5.41, 5.74) is 4.15. The van der Waals surface area contributed by atoms with E-state index >= 15 is 0 Å². The molecule has 156 valence electrons. The molecule has 5 heteroatoms. The molecule has 0 aliphatic carbocycles. The van der Waals surface area contributed by atoms with Crippen molar-refractivity contribution in [1.29, 1.82) is 0 Å². The number of pyridine rings is 1. The van der Waals surface area contributed by atoms with Crippen LogP contribution in [-0.2, 0) is 5.41 Å². The van der Waals surface area contributed by atoms with Crippen LogP contribution in [0.1, 0.15) is 58.3 Å². The summed E-state index contributed by atoms with van der Waals surface area (Å²) in [6.07, 6.45) is 4.40. The first-order chi connectivity index (χ1) is 13.7. The van der Waals surface area contributed by atoms with Crippen molar-refractivity contribution in [3.63, 3.8) is 0 Å². The van der Waals surface area contributed by atoms with Gasteiger partial charge in [-0.1, -0.05) is 39.8 Å². The highest BCUT2D eigenvalue weighted by atomic mass is 19.1. The van der Waals surface area contributed by atoms with Gasteiger partial charge in [-0.25, -0.2) is 4.39 Å². The largest absolute Gasteiger partial charge is 0.386 e. The van der Waals surface area contributed by atoms with Gasteiger partial charge in [-0.2, -0.15) is 0 Å². The van der Waals surface area contributed by atoms with Gasteiger partial charge < -0.3 is 10.6 Å². The fraction of sp³-hybridized carbons (Fsp3) is 0.458. The molecule has 0 saturated heterocycles. The van der Waals surface area contributed by atoms with Gasteiger partial charge in [0.15, 0.2) is 0 Å². The first kappa shape index (κ1) is 21.3. The molecule has 0 spiro atoms. The van der Waals surface area contributed by atoms with Gasteiger partial charge in [-0.15, -0.1) is 0 Å². The van der Waals surface area contributed by atoms with Crippen molar-refractivity contribution < 1.29 is 8.78 Å². The Kier molecular flexibility index (Phi) is 6.25. The van der Waals surface area contributed by atoms with E-state index in [4.69, 9.17) is 0 Å². The monoisotopic (exact) mass is 399 g/mol. The summed E-state index contributed by atoms with van der Waals surface area (Å²) in [7, 11) is 0. The summed E-state index contributed by atoms with van der Waals surface area (Å²) in [5, 5.41) is 6.65. The van der Waals surface area contributed by atoms with Crippen molar-refractivity contribution in [2.45, 2.75) is 58.5 Å². The molecule has 0 saturated carbocycles. The molecule has 3 nitrogen and oxygen atoms in total. The number of aromatic nitrogens is 1. The Labute approximate surface area is 172 Å². The third kappa shape index (κ3) is 4.95. The highest BCUT2D eigenvalue weighted by Crippen LogP contribution is 2.29. The number of benzene rings is 1. The van der Waals surface area contributed by atoms with Crippen LogP contribution in [-0.4, -0.2) is 17.7 Å². The Bertz CT molecular complexity index is 886. The van der Waals surface area contributed by atoms with E-state index in [1.165, 1.54) is 0 Å². The topological polar surface area (TPSA) is 37.0 Å². The molecule has 2 heterocycles. The van der Waals surface area contributed by atoms with Crippen LogP contribution in [0.4, 0.5) is 8.78 Å². The second-order valence-electron chi connectivity index (χ2n) is 9.06. The molecule has 0 bridgehead atoms. The SMILES string of the molecule is CC(CF)C1CC(N[C@@H](C)c2ccc(-c3ccnc(C(C)(C)C)c3)c(F)c2)=CN1. The summed E-state index contributed by atoms with van der Waals surface area (Å²) in [6.45, 7) is 9.85. The molecular weight excluding hydrogens is 368 g/mol. The van der Waals surface area contributed by atoms with Crippen LogP contribution in [0.3, 0.4) is 0 Å². The van der Waals surface area contributed by atoms with E-state index in [0.717, 1.165) is 28.9 Å². The lowest BCUT2D eigenvalue weighted by atomic mass is 9.89. The van der Waals surface area contributed by atoms with Gasteiger partial charge in [0.05, 0.1) is 6.67 Å². The second kappa shape index (κ2) is 8.52. The lowest BCUT2D eigenvalue weighted by Gasteiger charge is -2.20. The van der Waals surface area contributed by atoms with E-state index in [1.807, 2.05) is 44.3 Å². The Morgan fingerprint density at radius 1 is 1.21 bits per heavy atom. The van der Waals surface area contributed by atoms with Gasteiger partial charge >= 0.3 is 0 Å². The summed E-state index contributed by atoms with van der Waals surface area (Å²) in [4.78, 5) is 4.43. The van der Waals surface area contributed by atoms with Crippen LogP contribution in [0.2, 0.25) is 0 Å². The van der Waals surface area contributed by atoms with Crippen molar-refractivity contribution in [2.75, 3.05) is 6.67 Å². The minimum absolute atomic E-state index is 0.0315. The van der Waals surface area contributed by atoms with Crippen molar-refractivity contribution in [1.82, 2.24) is 15.6 Å². The Balaban J connectivity index is 1.73. The summed E-state index contributed by atoms with van der Waals surface area (Å²) in [6, 6.07) is 9.25. The molecule has 3 rings (SSSR count). The Morgan fingerprint density at radius 3 is 2.62 bits per heavy atom. The van der Waals surface area contributed by atoms with Crippen molar-refractivity contribution in [3.05, 3.63) is 65.5 Å². The predicted molar refractivity (Wildman–Crippen MR) is 115 cm³/mol. The maximum absolute atomic E-state index is 14.9. The van der Waals surface area contributed by atoms with Crippen LogP contribution < -0.4 is 10.6 Å². The molecule has 2 N–H and O–H groups in total.